The molecule has 1 aliphatic heterocycles. The molecule has 4 aliphatic carbocycles. The summed E-state index contributed by atoms with van der Waals surface area (Å²) in [7, 11) is 0. The van der Waals surface area contributed by atoms with Gasteiger partial charge in [0.15, 0.2) is 6.29 Å². The lowest BCUT2D eigenvalue weighted by atomic mass is 9.47. The second-order valence-corrected chi connectivity index (χ2v) is 15.7. The van der Waals surface area contributed by atoms with Gasteiger partial charge in [-0.3, -0.25) is 0 Å². The molecule has 6 heteroatoms. The average molecular weight is 577 g/mol. The first-order valence-electron chi connectivity index (χ1n) is 17.1. The Morgan fingerprint density at radius 1 is 0.951 bits per heavy atom. The third-order valence-corrected chi connectivity index (χ3v) is 13.5. The van der Waals surface area contributed by atoms with Crippen LogP contribution in [0.3, 0.4) is 0 Å². The molecule has 1 heterocycles. The first-order valence-corrected chi connectivity index (χ1v) is 17.1. The monoisotopic (exact) mass is 576 g/mol. The zero-order chi connectivity index (χ0) is 29.7. The molecular weight excluding hydrogens is 516 g/mol. The fraction of sp³-hybridized carbons (Fsp3) is 0.943. The molecule has 0 aromatic rings. The highest BCUT2D eigenvalue weighted by Crippen LogP contribution is 2.67. The number of fused-ring (bicyclic) bond motifs is 5. The summed E-state index contributed by atoms with van der Waals surface area (Å²) in [4.78, 5) is 0. The second kappa shape index (κ2) is 12.5. The van der Waals surface area contributed by atoms with Crippen molar-refractivity contribution in [3.05, 3.63) is 11.6 Å². The molecular formula is C35H60O6. The summed E-state index contributed by atoms with van der Waals surface area (Å²) in [6.45, 7) is 14.5. The van der Waals surface area contributed by atoms with Crippen molar-refractivity contribution in [2.75, 3.05) is 6.61 Å². The van der Waals surface area contributed by atoms with Crippen molar-refractivity contribution in [1.82, 2.24) is 0 Å². The van der Waals surface area contributed by atoms with E-state index in [0.29, 0.717) is 5.41 Å². The summed E-state index contributed by atoms with van der Waals surface area (Å²) in [5, 5.41) is 40.4. The zero-order valence-electron chi connectivity index (χ0n) is 26.7. The standard InChI is InChI=1S/C35H60O6/c1-7-22(20(2)3)9-8-21(4)26-12-13-27-25-11-10-23-18-24(14-16-34(23,5)28(25)15-17-35(26,27)6)40-33-32(39)31(38)30(37)29(19-36)41-33/h10,20-22,24-33,36-39H,7-9,11-19H2,1-6H3/t21-,22-,24+,25+,26+,27+,28-,29-,30-,31-,32-,33-,34+,35+/m1/s1. The van der Waals surface area contributed by atoms with Crippen LogP contribution < -0.4 is 0 Å². The first-order chi connectivity index (χ1) is 19.4. The molecule has 0 bridgehead atoms. The van der Waals surface area contributed by atoms with Crippen molar-refractivity contribution in [3.63, 3.8) is 0 Å². The molecule has 0 aromatic heterocycles. The van der Waals surface area contributed by atoms with E-state index in [1.807, 2.05) is 0 Å². The number of aliphatic hydroxyl groups is 4. The topological polar surface area (TPSA) is 99.4 Å². The number of rotatable bonds is 9. The van der Waals surface area contributed by atoms with Gasteiger partial charge in [0.05, 0.1) is 12.7 Å². The van der Waals surface area contributed by atoms with E-state index in [1.165, 1.54) is 56.9 Å². The molecule has 1 saturated heterocycles. The van der Waals surface area contributed by atoms with Gasteiger partial charge in [0, 0.05) is 0 Å². The summed E-state index contributed by atoms with van der Waals surface area (Å²) in [6, 6.07) is 0. The Balaban J connectivity index is 1.24. The van der Waals surface area contributed by atoms with Crippen molar-refractivity contribution < 1.29 is 29.9 Å². The molecule has 4 fully saturated rings. The van der Waals surface area contributed by atoms with Gasteiger partial charge >= 0.3 is 0 Å². The number of allylic oxidation sites excluding steroid dienone is 1. The van der Waals surface area contributed by atoms with Crippen LogP contribution in [0.15, 0.2) is 11.6 Å². The normalized spacial score (nSPS) is 47.7. The summed E-state index contributed by atoms with van der Waals surface area (Å²) in [5.41, 5.74) is 2.19. The molecule has 14 atom stereocenters. The Kier molecular flexibility index (Phi) is 9.71. The van der Waals surface area contributed by atoms with Crippen LogP contribution in [0.5, 0.6) is 0 Å². The van der Waals surface area contributed by atoms with Crippen LogP contribution in [-0.2, 0) is 9.47 Å². The van der Waals surface area contributed by atoms with Gasteiger partial charge in [-0.15, -0.1) is 0 Å². The Hall–Kier alpha value is -0.500. The predicted molar refractivity (Wildman–Crippen MR) is 161 cm³/mol. The molecule has 0 unspecified atom stereocenters. The average Bonchev–Trinajstić information content (AvgIpc) is 3.30. The lowest BCUT2D eigenvalue weighted by Crippen LogP contribution is -2.60. The number of ether oxygens (including phenoxy) is 2. The third kappa shape index (κ3) is 5.73. The molecule has 6 nitrogen and oxygen atoms in total. The molecule has 41 heavy (non-hydrogen) atoms. The van der Waals surface area contributed by atoms with Crippen molar-refractivity contribution in [3.8, 4) is 0 Å². The summed E-state index contributed by atoms with van der Waals surface area (Å²) in [6.07, 6.45) is 9.92. The van der Waals surface area contributed by atoms with Crippen LogP contribution in [0.2, 0.25) is 0 Å². The van der Waals surface area contributed by atoms with E-state index in [9.17, 15) is 20.4 Å². The van der Waals surface area contributed by atoms with Crippen molar-refractivity contribution in [2.45, 2.75) is 149 Å². The smallest absolute Gasteiger partial charge is 0.186 e. The van der Waals surface area contributed by atoms with E-state index in [-0.39, 0.29) is 11.5 Å². The fourth-order valence-corrected chi connectivity index (χ4v) is 10.8. The maximum atomic E-state index is 10.5. The highest BCUT2D eigenvalue weighted by molar-refractivity contribution is 5.25. The lowest BCUT2D eigenvalue weighted by molar-refractivity contribution is -0.313. The zero-order valence-corrected chi connectivity index (χ0v) is 26.7. The van der Waals surface area contributed by atoms with E-state index in [4.69, 9.17) is 9.47 Å². The van der Waals surface area contributed by atoms with Gasteiger partial charge in [-0.05, 0) is 110 Å². The number of aliphatic hydroxyl groups excluding tert-OH is 4. The van der Waals surface area contributed by atoms with Crippen molar-refractivity contribution >= 4 is 0 Å². The summed E-state index contributed by atoms with van der Waals surface area (Å²) < 4.78 is 11.9. The Morgan fingerprint density at radius 2 is 1.71 bits per heavy atom. The summed E-state index contributed by atoms with van der Waals surface area (Å²) in [5.74, 6) is 5.66. The third-order valence-electron chi connectivity index (χ3n) is 13.5. The molecule has 0 spiro atoms. The van der Waals surface area contributed by atoms with E-state index in [0.717, 1.165) is 60.7 Å². The van der Waals surface area contributed by atoms with Gasteiger partial charge in [0.1, 0.15) is 24.4 Å². The van der Waals surface area contributed by atoms with Gasteiger partial charge < -0.3 is 29.9 Å². The maximum absolute atomic E-state index is 10.5. The van der Waals surface area contributed by atoms with E-state index in [2.05, 4.69) is 47.6 Å². The minimum Gasteiger partial charge on any atom is -0.394 e. The minimum atomic E-state index is -1.40. The van der Waals surface area contributed by atoms with E-state index < -0.39 is 37.3 Å². The van der Waals surface area contributed by atoms with Crippen LogP contribution in [0, 0.1) is 52.3 Å². The van der Waals surface area contributed by atoms with Crippen LogP contribution in [0.25, 0.3) is 0 Å². The quantitative estimate of drug-likeness (QED) is 0.257. The Labute approximate surface area is 249 Å². The number of hydrogen-bond acceptors (Lipinski definition) is 6. The van der Waals surface area contributed by atoms with Crippen LogP contribution in [-0.4, -0.2) is 63.8 Å². The molecule has 5 aliphatic rings. The van der Waals surface area contributed by atoms with Crippen LogP contribution in [0.4, 0.5) is 0 Å². The first kappa shape index (κ1) is 31.9. The fourth-order valence-electron chi connectivity index (χ4n) is 10.8. The summed E-state index contributed by atoms with van der Waals surface area (Å²) >= 11 is 0. The minimum absolute atomic E-state index is 0.101. The van der Waals surface area contributed by atoms with Crippen molar-refractivity contribution in [1.29, 1.82) is 0 Å². The van der Waals surface area contributed by atoms with Crippen LogP contribution >= 0.6 is 0 Å². The second-order valence-electron chi connectivity index (χ2n) is 15.7. The molecule has 0 aromatic carbocycles. The van der Waals surface area contributed by atoms with Crippen LogP contribution in [0.1, 0.15) is 112 Å². The Morgan fingerprint density at radius 3 is 2.39 bits per heavy atom. The molecule has 5 rings (SSSR count). The maximum Gasteiger partial charge on any atom is 0.186 e. The van der Waals surface area contributed by atoms with E-state index in [1.54, 1.807) is 0 Å². The van der Waals surface area contributed by atoms with Gasteiger partial charge in [0.25, 0.3) is 0 Å². The number of hydrogen-bond donors (Lipinski definition) is 4. The Bertz CT molecular complexity index is 918. The van der Waals surface area contributed by atoms with E-state index >= 15 is 0 Å². The highest BCUT2D eigenvalue weighted by Gasteiger charge is 2.59. The predicted octanol–water partition coefficient (Wildman–Crippen LogP) is 5.85. The molecule has 0 radical (unpaired) electrons. The molecule has 3 saturated carbocycles. The van der Waals surface area contributed by atoms with Gasteiger partial charge in [0.2, 0.25) is 0 Å². The lowest BCUT2D eigenvalue weighted by Gasteiger charge is -2.58. The van der Waals surface area contributed by atoms with Gasteiger partial charge in [-0.1, -0.05) is 66.0 Å². The van der Waals surface area contributed by atoms with Gasteiger partial charge in [-0.2, -0.15) is 0 Å². The van der Waals surface area contributed by atoms with Crippen molar-refractivity contribution in [2.24, 2.45) is 52.3 Å². The van der Waals surface area contributed by atoms with Gasteiger partial charge in [-0.25, -0.2) is 0 Å². The SMILES string of the molecule is CC[C@H](CC[C@@H](C)[C@@H]1CC[C@H]2[C@@H]3CC=C4C[C@@H](O[C@@H]5O[C@H](CO)[C@@H](O)[C@@H](O)[C@H]5O)CC[C@]4(C)[C@@H]3CC[C@]21C)C(C)C. The largest absolute Gasteiger partial charge is 0.394 e. The molecule has 4 N–H and O–H groups in total. The highest BCUT2D eigenvalue weighted by atomic mass is 16.7. The molecule has 0 amide bonds. The molecule has 236 valence electrons.